The van der Waals surface area contributed by atoms with Crippen LogP contribution in [0.1, 0.15) is 41.2 Å². The van der Waals surface area contributed by atoms with E-state index in [0.717, 1.165) is 12.1 Å². The third kappa shape index (κ3) is 9.63. The minimum absolute atomic E-state index is 0.0547. The fourth-order valence-electron chi connectivity index (χ4n) is 4.10. The number of alkyl halides is 3. The molecule has 3 aromatic rings. The monoisotopic (exact) mass is 598 g/mol. The zero-order valence-corrected chi connectivity index (χ0v) is 24.3. The Bertz CT molecular complexity index is 1450. The smallest absolute Gasteiger partial charge is 0.416 e. The average Bonchev–Trinajstić information content (AvgIpc) is 3.01. The van der Waals surface area contributed by atoms with Crippen molar-refractivity contribution in [3.63, 3.8) is 0 Å². The van der Waals surface area contributed by atoms with Crippen LogP contribution in [-0.4, -0.2) is 45.3 Å². The summed E-state index contributed by atoms with van der Waals surface area (Å²) in [5, 5.41) is 8.28. The molecule has 3 rings (SSSR count). The van der Waals surface area contributed by atoms with Crippen LogP contribution in [0.25, 0.3) is 5.57 Å². The van der Waals surface area contributed by atoms with Crippen molar-refractivity contribution in [3.05, 3.63) is 107 Å². The van der Waals surface area contributed by atoms with Crippen molar-refractivity contribution in [2.24, 2.45) is 10.3 Å². The van der Waals surface area contributed by atoms with Gasteiger partial charge in [-0.3, -0.25) is 0 Å². The van der Waals surface area contributed by atoms with Crippen molar-refractivity contribution in [3.8, 4) is 5.75 Å². The van der Waals surface area contributed by atoms with Crippen LogP contribution < -0.4 is 4.74 Å². The molecule has 0 bridgehead atoms. The van der Waals surface area contributed by atoms with Crippen molar-refractivity contribution in [1.82, 2.24) is 0 Å². The van der Waals surface area contributed by atoms with E-state index >= 15 is 0 Å². The first-order valence-electron chi connectivity index (χ1n) is 13.2. The van der Waals surface area contributed by atoms with Gasteiger partial charge in [-0.2, -0.15) is 13.2 Å². The normalized spacial score (nSPS) is 12.5. The summed E-state index contributed by atoms with van der Waals surface area (Å²) in [6.07, 6.45) is -2.04. The first-order valence-corrected chi connectivity index (χ1v) is 13.2. The van der Waals surface area contributed by atoms with Crippen LogP contribution >= 0.6 is 0 Å². The standard InChI is InChI=1S/C32H33F3N2O6/c1-22(36-43-20-25-11-5-6-13-28(25)29(21-39-2)31(38)40-3)30(37-41-4)24-14-16-27(17-15-24)42-18-8-10-23-9-7-12-26(19-23)32(33,34)35/h5-7,9,11-17,19,21H,8,10,18,20H2,1-4H3. The minimum Gasteiger partial charge on any atom is -0.503 e. The van der Waals surface area contributed by atoms with Gasteiger partial charge < -0.3 is 23.9 Å². The molecule has 3 aromatic carbocycles. The lowest BCUT2D eigenvalue weighted by atomic mass is 10.0. The van der Waals surface area contributed by atoms with E-state index in [9.17, 15) is 18.0 Å². The first-order chi connectivity index (χ1) is 20.7. The van der Waals surface area contributed by atoms with Crippen LogP contribution in [-0.2, 0) is 43.1 Å². The van der Waals surface area contributed by atoms with Crippen LogP contribution in [0.3, 0.4) is 0 Å². The van der Waals surface area contributed by atoms with E-state index in [2.05, 4.69) is 10.3 Å². The number of carbonyl (C=O) groups is 1. The second-order valence-corrected chi connectivity index (χ2v) is 9.16. The molecular weight excluding hydrogens is 565 g/mol. The highest BCUT2D eigenvalue weighted by molar-refractivity contribution is 6.47. The van der Waals surface area contributed by atoms with E-state index in [1.54, 1.807) is 55.5 Å². The highest BCUT2D eigenvalue weighted by atomic mass is 19.4. The Morgan fingerprint density at radius 1 is 0.930 bits per heavy atom. The Hall–Kier alpha value is -4.80. The lowest BCUT2D eigenvalue weighted by Crippen LogP contribution is -2.14. The summed E-state index contributed by atoms with van der Waals surface area (Å²) in [5.74, 6) is 0.0455. The second kappa shape index (κ2) is 16.0. The molecule has 0 amide bonds. The Kier molecular flexibility index (Phi) is 12.2. The van der Waals surface area contributed by atoms with E-state index in [-0.39, 0.29) is 12.2 Å². The fraction of sp³-hybridized carbons (Fsp3) is 0.281. The molecule has 0 N–H and O–H groups in total. The lowest BCUT2D eigenvalue weighted by Gasteiger charge is -2.12. The van der Waals surface area contributed by atoms with Gasteiger partial charge in [0.05, 0.1) is 32.7 Å². The average molecular weight is 599 g/mol. The van der Waals surface area contributed by atoms with E-state index < -0.39 is 17.7 Å². The van der Waals surface area contributed by atoms with E-state index in [0.29, 0.717) is 58.9 Å². The van der Waals surface area contributed by atoms with Crippen molar-refractivity contribution in [1.29, 1.82) is 0 Å². The summed E-state index contributed by atoms with van der Waals surface area (Å²) < 4.78 is 54.5. The number of halogens is 3. The van der Waals surface area contributed by atoms with Crippen LogP contribution in [0.15, 0.2) is 89.4 Å². The molecule has 0 aliphatic heterocycles. The topological polar surface area (TPSA) is 87.9 Å². The number of hydrogen-bond acceptors (Lipinski definition) is 8. The van der Waals surface area contributed by atoms with Crippen LogP contribution in [0.2, 0.25) is 0 Å². The Balaban J connectivity index is 1.61. The first kappa shape index (κ1) is 32.7. The molecule has 0 aliphatic rings. The molecule has 228 valence electrons. The van der Waals surface area contributed by atoms with Crippen LogP contribution in [0.5, 0.6) is 5.75 Å². The van der Waals surface area contributed by atoms with Gasteiger partial charge in [-0.25, -0.2) is 4.79 Å². The number of benzene rings is 3. The molecule has 0 saturated carbocycles. The number of ether oxygens (including phenoxy) is 3. The van der Waals surface area contributed by atoms with Gasteiger partial charge >= 0.3 is 12.1 Å². The number of oxime groups is 2. The van der Waals surface area contributed by atoms with Gasteiger partial charge in [0.25, 0.3) is 0 Å². The lowest BCUT2D eigenvalue weighted by molar-refractivity contribution is -0.137. The van der Waals surface area contributed by atoms with Crippen molar-refractivity contribution in [2.75, 3.05) is 27.9 Å². The highest BCUT2D eigenvalue weighted by Gasteiger charge is 2.30. The minimum atomic E-state index is -4.36. The number of esters is 1. The predicted octanol–water partition coefficient (Wildman–Crippen LogP) is 6.82. The van der Waals surface area contributed by atoms with Crippen molar-refractivity contribution in [2.45, 2.75) is 32.5 Å². The van der Waals surface area contributed by atoms with Gasteiger partial charge in [0, 0.05) is 11.1 Å². The molecule has 0 saturated heterocycles. The number of rotatable bonds is 14. The molecule has 0 unspecified atom stereocenters. The molecule has 0 aromatic heterocycles. The number of methoxy groups -OCH3 is 2. The molecule has 0 fully saturated rings. The molecule has 0 radical (unpaired) electrons. The Morgan fingerprint density at radius 2 is 1.67 bits per heavy atom. The SMILES string of the molecule is COC=C(C(=O)OC)c1ccccc1CON=C(C)C(=NOC)c1ccc(OCCCc2cccc(C(F)(F)F)c2)cc1. The molecule has 43 heavy (non-hydrogen) atoms. The molecule has 11 heteroatoms. The maximum Gasteiger partial charge on any atom is 0.416 e. The fourth-order valence-corrected chi connectivity index (χ4v) is 4.10. The van der Waals surface area contributed by atoms with Crippen molar-refractivity contribution < 1.29 is 41.9 Å². The molecular formula is C32H33F3N2O6. The number of nitrogens with zero attached hydrogens (tertiary/aromatic N) is 2. The molecule has 0 atom stereocenters. The maximum absolute atomic E-state index is 12.9. The summed E-state index contributed by atoms with van der Waals surface area (Å²) in [5.41, 5.74) is 3.02. The van der Waals surface area contributed by atoms with Crippen LogP contribution in [0, 0.1) is 0 Å². The van der Waals surface area contributed by atoms with Gasteiger partial charge in [0.2, 0.25) is 0 Å². The number of aryl methyl sites for hydroxylation is 1. The summed E-state index contributed by atoms with van der Waals surface area (Å²) in [4.78, 5) is 22.9. The quantitative estimate of drug-likeness (QED) is 0.0506. The Labute approximate surface area is 248 Å². The van der Waals surface area contributed by atoms with Gasteiger partial charge in [0.1, 0.15) is 36.5 Å². The second-order valence-electron chi connectivity index (χ2n) is 9.16. The third-order valence-corrected chi connectivity index (χ3v) is 6.16. The van der Waals surface area contributed by atoms with Gasteiger partial charge in [-0.15, -0.1) is 0 Å². The van der Waals surface area contributed by atoms with Gasteiger partial charge in [-0.1, -0.05) is 52.8 Å². The highest BCUT2D eigenvalue weighted by Crippen LogP contribution is 2.30. The van der Waals surface area contributed by atoms with E-state index in [1.165, 1.54) is 33.7 Å². The zero-order chi connectivity index (χ0) is 31.2. The summed E-state index contributed by atoms with van der Waals surface area (Å²) in [7, 11) is 4.15. The molecule has 8 nitrogen and oxygen atoms in total. The summed E-state index contributed by atoms with van der Waals surface area (Å²) >= 11 is 0. The maximum atomic E-state index is 12.9. The van der Waals surface area contributed by atoms with Gasteiger partial charge in [-0.05, 0) is 61.2 Å². The summed E-state index contributed by atoms with van der Waals surface area (Å²) in [6, 6.07) is 19.5. The number of hydrogen-bond donors (Lipinski definition) is 0. The van der Waals surface area contributed by atoms with Crippen LogP contribution in [0.4, 0.5) is 13.2 Å². The zero-order valence-electron chi connectivity index (χ0n) is 24.3. The predicted molar refractivity (Wildman–Crippen MR) is 157 cm³/mol. The van der Waals surface area contributed by atoms with Gasteiger partial charge in [0.15, 0.2) is 0 Å². The number of carbonyl (C=O) groups excluding carboxylic acids is 1. The van der Waals surface area contributed by atoms with Crippen molar-refractivity contribution >= 4 is 23.0 Å². The third-order valence-electron chi connectivity index (χ3n) is 6.16. The molecule has 0 aliphatic carbocycles. The Morgan fingerprint density at radius 3 is 2.35 bits per heavy atom. The molecule has 0 heterocycles. The molecule has 0 spiro atoms. The van der Waals surface area contributed by atoms with E-state index in [4.69, 9.17) is 23.9 Å². The summed E-state index contributed by atoms with van der Waals surface area (Å²) in [6.45, 7) is 2.10. The van der Waals surface area contributed by atoms with E-state index in [1.807, 2.05) is 6.07 Å². The largest absolute Gasteiger partial charge is 0.503 e.